The van der Waals surface area contributed by atoms with Crippen molar-refractivity contribution in [2.24, 2.45) is 0 Å². The van der Waals surface area contributed by atoms with Gasteiger partial charge in [-0.1, -0.05) is 24.6 Å². The average molecular weight is 322 g/mol. The SMILES string of the molecule is CCCNCc1ccc(Sc2nc(C)cc(C)n2)cc1Cl. The summed E-state index contributed by atoms with van der Waals surface area (Å²) in [6.45, 7) is 7.92. The van der Waals surface area contributed by atoms with Gasteiger partial charge in [0.2, 0.25) is 0 Å². The van der Waals surface area contributed by atoms with Gasteiger partial charge in [0.05, 0.1) is 0 Å². The molecule has 0 spiro atoms. The molecule has 2 rings (SSSR count). The van der Waals surface area contributed by atoms with Gasteiger partial charge in [-0.3, -0.25) is 0 Å². The first kappa shape index (κ1) is 16.3. The van der Waals surface area contributed by atoms with Crippen LogP contribution in [-0.2, 0) is 6.54 Å². The topological polar surface area (TPSA) is 37.8 Å². The molecule has 0 atom stereocenters. The van der Waals surface area contributed by atoms with Crippen LogP contribution in [0, 0.1) is 13.8 Å². The van der Waals surface area contributed by atoms with Crippen LogP contribution in [-0.4, -0.2) is 16.5 Å². The van der Waals surface area contributed by atoms with Gasteiger partial charge in [0.15, 0.2) is 5.16 Å². The number of benzene rings is 1. The summed E-state index contributed by atoms with van der Waals surface area (Å²) >= 11 is 7.88. The third kappa shape index (κ3) is 4.99. The van der Waals surface area contributed by atoms with Crippen molar-refractivity contribution < 1.29 is 0 Å². The van der Waals surface area contributed by atoms with Crippen molar-refractivity contribution in [1.29, 1.82) is 0 Å². The lowest BCUT2D eigenvalue weighted by Crippen LogP contribution is -2.13. The van der Waals surface area contributed by atoms with Crippen LogP contribution in [0.25, 0.3) is 0 Å². The molecule has 0 amide bonds. The Morgan fingerprint density at radius 1 is 1.14 bits per heavy atom. The molecule has 21 heavy (non-hydrogen) atoms. The van der Waals surface area contributed by atoms with Crippen LogP contribution in [0.5, 0.6) is 0 Å². The van der Waals surface area contributed by atoms with Crippen molar-refractivity contribution >= 4 is 23.4 Å². The summed E-state index contributed by atoms with van der Waals surface area (Å²) in [5.41, 5.74) is 3.09. The zero-order chi connectivity index (χ0) is 15.2. The van der Waals surface area contributed by atoms with Crippen LogP contribution >= 0.6 is 23.4 Å². The van der Waals surface area contributed by atoms with Crippen LogP contribution in [0.3, 0.4) is 0 Å². The van der Waals surface area contributed by atoms with E-state index in [1.165, 1.54) is 0 Å². The second-order valence-electron chi connectivity index (χ2n) is 4.97. The lowest BCUT2D eigenvalue weighted by Gasteiger charge is -2.08. The van der Waals surface area contributed by atoms with Crippen molar-refractivity contribution in [3.05, 3.63) is 46.2 Å². The minimum atomic E-state index is 0.764. The number of rotatable bonds is 6. The number of hydrogen-bond acceptors (Lipinski definition) is 4. The standard InChI is InChI=1S/C16H20ClN3S/c1-4-7-18-10-13-5-6-14(9-15(13)17)21-16-19-11(2)8-12(3)20-16/h5-6,8-9,18H,4,7,10H2,1-3H3. The lowest BCUT2D eigenvalue weighted by molar-refractivity contribution is 0.675. The number of hydrogen-bond donors (Lipinski definition) is 1. The molecule has 0 aliphatic rings. The number of nitrogens with zero attached hydrogens (tertiary/aromatic N) is 2. The molecule has 1 heterocycles. The molecule has 5 heteroatoms. The van der Waals surface area contributed by atoms with Crippen LogP contribution in [0.15, 0.2) is 34.3 Å². The van der Waals surface area contributed by atoms with Gasteiger partial charge < -0.3 is 5.32 Å². The lowest BCUT2D eigenvalue weighted by atomic mass is 10.2. The van der Waals surface area contributed by atoms with Gasteiger partial charge in [0.1, 0.15) is 0 Å². The van der Waals surface area contributed by atoms with Gasteiger partial charge in [0, 0.05) is 27.9 Å². The van der Waals surface area contributed by atoms with E-state index >= 15 is 0 Å². The van der Waals surface area contributed by atoms with E-state index in [0.717, 1.165) is 51.5 Å². The molecular weight excluding hydrogens is 302 g/mol. The first-order valence-electron chi connectivity index (χ1n) is 7.07. The molecule has 3 nitrogen and oxygen atoms in total. The van der Waals surface area contributed by atoms with Gasteiger partial charge in [0.25, 0.3) is 0 Å². The van der Waals surface area contributed by atoms with Crippen molar-refractivity contribution in [2.45, 2.75) is 43.8 Å². The number of halogens is 1. The minimum Gasteiger partial charge on any atom is -0.313 e. The molecule has 0 bridgehead atoms. The van der Waals surface area contributed by atoms with E-state index in [-0.39, 0.29) is 0 Å². The highest BCUT2D eigenvalue weighted by atomic mass is 35.5. The van der Waals surface area contributed by atoms with Gasteiger partial charge in [-0.2, -0.15) is 0 Å². The third-order valence-electron chi connectivity index (χ3n) is 2.94. The zero-order valence-corrected chi connectivity index (χ0v) is 14.2. The highest BCUT2D eigenvalue weighted by Gasteiger charge is 2.06. The number of aryl methyl sites for hydroxylation is 2. The van der Waals surface area contributed by atoms with Gasteiger partial charge in [-0.05, 0) is 62.3 Å². The summed E-state index contributed by atoms with van der Waals surface area (Å²) in [7, 11) is 0. The molecule has 1 N–H and O–H groups in total. The predicted octanol–water partition coefficient (Wildman–Crippen LogP) is 4.40. The molecule has 0 aliphatic carbocycles. The maximum atomic E-state index is 6.34. The van der Waals surface area contributed by atoms with Gasteiger partial charge in [-0.25, -0.2) is 9.97 Å². The fraction of sp³-hybridized carbons (Fsp3) is 0.375. The summed E-state index contributed by atoms with van der Waals surface area (Å²) in [6, 6.07) is 8.09. The van der Waals surface area contributed by atoms with Crippen molar-refractivity contribution in [2.75, 3.05) is 6.54 Å². The van der Waals surface area contributed by atoms with Gasteiger partial charge >= 0.3 is 0 Å². The molecule has 0 saturated carbocycles. The Hall–Kier alpha value is -1.10. The Labute approximate surface area is 135 Å². The first-order valence-corrected chi connectivity index (χ1v) is 8.27. The van der Waals surface area contributed by atoms with E-state index < -0.39 is 0 Å². The normalized spacial score (nSPS) is 10.9. The summed E-state index contributed by atoms with van der Waals surface area (Å²) in [5.74, 6) is 0. The molecule has 0 aliphatic heterocycles. The maximum Gasteiger partial charge on any atom is 0.192 e. The Balaban J connectivity index is 2.09. The summed E-state index contributed by atoms with van der Waals surface area (Å²) in [5, 5.41) is 4.91. The highest BCUT2D eigenvalue weighted by molar-refractivity contribution is 7.99. The third-order valence-corrected chi connectivity index (χ3v) is 4.14. The second-order valence-corrected chi connectivity index (χ2v) is 6.41. The van der Waals surface area contributed by atoms with E-state index in [4.69, 9.17) is 11.6 Å². The van der Waals surface area contributed by atoms with E-state index in [1.807, 2.05) is 26.0 Å². The Morgan fingerprint density at radius 2 is 1.86 bits per heavy atom. The van der Waals surface area contributed by atoms with Crippen molar-refractivity contribution in [3.8, 4) is 0 Å². The number of aromatic nitrogens is 2. The van der Waals surface area contributed by atoms with E-state index in [0.29, 0.717) is 0 Å². The second kappa shape index (κ2) is 7.78. The fourth-order valence-electron chi connectivity index (χ4n) is 1.98. The van der Waals surface area contributed by atoms with Crippen LogP contribution in [0.2, 0.25) is 5.02 Å². The van der Waals surface area contributed by atoms with Gasteiger partial charge in [-0.15, -0.1) is 0 Å². The maximum absolute atomic E-state index is 6.34. The Morgan fingerprint density at radius 3 is 2.48 bits per heavy atom. The monoisotopic (exact) mass is 321 g/mol. The minimum absolute atomic E-state index is 0.764. The number of nitrogens with one attached hydrogen (secondary N) is 1. The largest absolute Gasteiger partial charge is 0.313 e. The Kier molecular flexibility index (Phi) is 6.03. The summed E-state index contributed by atoms with van der Waals surface area (Å²) < 4.78 is 0. The summed E-state index contributed by atoms with van der Waals surface area (Å²) in [6.07, 6.45) is 1.12. The van der Waals surface area contributed by atoms with Crippen molar-refractivity contribution in [3.63, 3.8) is 0 Å². The summed E-state index contributed by atoms with van der Waals surface area (Å²) in [4.78, 5) is 9.94. The van der Waals surface area contributed by atoms with E-state index in [2.05, 4.69) is 34.3 Å². The molecule has 0 saturated heterocycles. The van der Waals surface area contributed by atoms with Crippen LogP contribution in [0.4, 0.5) is 0 Å². The molecule has 1 aromatic heterocycles. The predicted molar refractivity (Wildman–Crippen MR) is 89.1 cm³/mol. The molecule has 0 fully saturated rings. The molecule has 0 unspecified atom stereocenters. The van der Waals surface area contributed by atoms with Crippen LogP contribution in [0.1, 0.15) is 30.3 Å². The smallest absolute Gasteiger partial charge is 0.192 e. The van der Waals surface area contributed by atoms with E-state index in [1.54, 1.807) is 11.8 Å². The molecular formula is C16H20ClN3S. The van der Waals surface area contributed by atoms with E-state index in [9.17, 15) is 0 Å². The molecule has 0 radical (unpaired) electrons. The molecule has 1 aromatic carbocycles. The highest BCUT2D eigenvalue weighted by Crippen LogP contribution is 2.29. The average Bonchev–Trinajstić information content (AvgIpc) is 2.40. The molecule has 112 valence electrons. The molecule has 2 aromatic rings. The first-order chi connectivity index (χ1) is 10.1. The Bertz CT molecular complexity index is 596. The quantitative estimate of drug-likeness (QED) is 0.632. The fourth-order valence-corrected chi connectivity index (χ4v) is 3.19. The van der Waals surface area contributed by atoms with Crippen molar-refractivity contribution in [1.82, 2.24) is 15.3 Å². The van der Waals surface area contributed by atoms with Crippen LogP contribution < -0.4 is 5.32 Å². The zero-order valence-electron chi connectivity index (χ0n) is 12.6.